The van der Waals surface area contributed by atoms with Crippen LogP contribution >= 0.6 is 0 Å². The molecule has 3 rings (SSSR count). The SMILES string of the molecule is CCOc1ccc(OCCC(=O)OCC(=O)Nc2c(C#N)cnn2-c2ccccc2)cc1. The smallest absolute Gasteiger partial charge is 0.309 e. The molecule has 1 amide bonds. The Bertz CT molecular complexity index is 1090. The summed E-state index contributed by atoms with van der Waals surface area (Å²) in [6, 6.07) is 18.1. The predicted molar refractivity (Wildman–Crippen MR) is 116 cm³/mol. The summed E-state index contributed by atoms with van der Waals surface area (Å²) in [5, 5.41) is 16.0. The van der Waals surface area contributed by atoms with Crippen LogP contribution in [0, 0.1) is 11.3 Å². The zero-order chi connectivity index (χ0) is 22.8. The molecule has 9 nitrogen and oxygen atoms in total. The molecular formula is C23H22N4O5. The van der Waals surface area contributed by atoms with Crippen LogP contribution in [0.2, 0.25) is 0 Å². The molecule has 0 radical (unpaired) electrons. The number of esters is 1. The van der Waals surface area contributed by atoms with Crippen LogP contribution in [0.1, 0.15) is 18.9 Å². The van der Waals surface area contributed by atoms with E-state index in [1.165, 1.54) is 10.9 Å². The van der Waals surface area contributed by atoms with Gasteiger partial charge in [0.05, 0.1) is 31.5 Å². The van der Waals surface area contributed by atoms with Crippen molar-refractivity contribution < 1.29 is 23.8 Å². The highest BCUT2D eigenvalue weighted by Crippen LogP contribution is 2.20. The number of benzene rings is 2. The van der Waals surface area contributed by atoms with Gasteiger partial charge in [-0.1, -0.05) is 18.2 Å². The van der Waals surface area contributed by atoms with Gasteiger partial charge in [0.15, 0.2) is 12.4 Å². The maximum atomic E-state index is 12.3. The standard InChI is InChI=1S/C23H22N4O5/c1-2-30-19-8-10-20(11-9-19)31-13-12-22(29)32-16-21(28)26-23-17(14-24)15-25-27(23)18-6-4-3-5-7-18/h3-11,15H,2,12-13,16H2,1H3,(H,26,28). The molecule has 0 aliphatic rings. The highest BCUT2D eigenvalue weighted by atomic mass is 16.5. The topological polar surface area (TPSA) is 115 Å². The first-order chi connectivity index (χ1) is 15.6. The van der Waals surface area contributed by atoms with E-state index in [2.05, 4.69) is 10.4 Å². The monoisotopic (exact) mass is 434 g/mol. The first-order valence-corrected chi connectivity index (χ1v) is 9.95. The number of hydrogen-bond donors (Lipinski definition) is 1. The number of nitrogens with one attached hydrogen (secondary N) is 1. The fourth-order valence-electron chi connectivity index (χ4n) is 2.75. The molecule has 32 heavy (non-hydrogen) atoms. The molecule has 0 spiro atoms. The minimum atomic E-state index is -0.583. The van der Waals surface area contributed by atoms with Gasteiger partial charge in [0.1, 0.15) is 23.1 Å². The number of carbonyl (C=O) groups excluding carboxylic acids is 2. The second kappa shape index (κ2) is 11.2. The van der Waals surface area contributed by atoms with Crippen LogP contribution in [0.4, 0.5) is 5.82 Å². The Morgan fingerprint density at radius 1 is 1.06 bits per heavy atom. The summed E-state index contributed by atoms with van der Waals surface area (Å²) in [4.78, 5) is 24.2. The van der Waals surface area contributed by atoms with E-state index in [4.69, 9.17) is 14.2 Å². The summed E-state index contributed by atoms with van der Waals surface area (Å²) < 4.78 is 17.3. The van der Waals surface area contributed by atoms with E-state index in [0.717, 1.165) is 5.75 Å². The lowest BCUT2D eigenvalue weighted by Crippen LogP contribution is -2.23. The number of carbonyl (C=O) groups is 2. The van der Waals surface area contributed by atoms with Gasteiger partial charge in [0.2, 0.25) is 0 Å². The summed E-state index contributed by atoms with van der Waals surface area (Å²) in [7, 11) is 0. The van der Waals surface area contributed by atoms with E-state index in [-0.39, 0.29) is 24.4 Å². The minimum absolute atomic E-state index is 0.0219. The van der Waals surface area contributed by atoms with Crippen molar-refractivity contribution in [1.82, 2.24) is 9.78 Å². The number of nitriles is 1. The van der Waals surface area contributed by atoms with Crippen molar-refractivity contribution in [1.29, 1.82) is 5.26 Å². The molecule has 1 heterocycles. The van der Waals surface area contributed by atoms with Crippen molar-refractivity contribution in [2.75, 3.05) is 25.1 Å². The molecule has 9 heteroatoms. The van der Waals surface area contributed by atoms with Crippen molar-refractivity contribution in [2.45, 2.75) is 13.3 Å². The Balaban J connectivity index is 1.46. The molecule has 0 fully saturated rings. The number of hydrogen-bond acceptors (Lipinski definition) is 7. The third kappa shape index (κ3) is 6.09. The first-order valence-electron chi connectivity index (χ1n) is 9.95. The number of amides is 1. The van der Waals surface area contributed by atoms with E-state index >= 15 is 0 Å². The van der Waals surface area contributed by atoms with E-state index in [0.29, 0.717) is 18.0 Å². The largest absolute Gasteiger partial charge is 0.494 e. The van der Waals surface area contributed by atoms with Gasteiger partial charge in [-0.25, -0.2) is 4.68 Å². The molecule has 0 bridgehead atoms. The first kappa shape index (κ1) is 22.4. The van der Waals surface area contributed by atoms with Crippen LogP contribution in [0.3, 0.4) is 0 Å². The minimum Gasteiger partial charge on any atom is -0.494 e. The summed E-state index contributed by atoms with van der Waals surface area (Å²) in [5.74, 6) is 0.373. The van der Waals surface area contributed by atoms with E-state index in [1.54, 1.807) is 36.4 Å². The van der Waals surface area contributed by atoms with E-state index in [1.807, 2.05) is 31.2 Å². The maximum Gasteiger partial charge on any atom is 0.309 e. The average molecular weight is 434 g/mol. The lowest BCUT2D eigenvalue weighted by Gasteiger charge is -2.10. The number of aromatic nitrogens is 2. The molecule has 0 unspecified atom stereocenters. The molecule has 2 aromatic carbocycles. The van der Waals surface area contributed by atoms with Crippen molar-refractivity contribution in [2.24, 2.45) is 0 Å². The number of nitrogens with zero attached hydrogens (tertiary/aromatic N) is 3. The Labute approximate surface area is 185 Å². The second-order valence-corrected chi connectivity index (χ2v) is 6.48. The normalized spacial score (nSPS) is 10.1. The van der Waals surface area contributed by atoms with E-state index in [9.17, 15) is 14.9 Å². The highest BCUT2D eigenvalue weighted by Gasteiger charge is 2.16. The lowest BCUT2D eigenvalue weighted by molar-refractivity contribution is -0.147. The molecule has 0 aliphatic carbocycles. The van der Waals surface area contributed by atoms with Gasteiger partial charge in [-0.05, 0) is 43.3 Å². The van der Waals surface area contributed by atoms with Gasteiger partial charge < -0.3 is 19.5 Å². The molecule has 1 N–H and O–H groups in total. The fraction of sp³-hybridized carbons (Fsp3) is 0.217. The molecule has 0 saturated carbocycles. The summed E-state index contributed by atoms with van der Waals surface area (Å²) in [6.07, 6.45) is 1.33. The van der Waals surface area contributed by atoms with Crippen molar-refractivity contribution >= 4 is 17.7 Å². The van der Waals surface area contributed by atoms with Gasteiger partial charge in [-0.15, -0.1) is 0 Å². The Kier molecular flexibility index (Phi) is 7.81. The maximum absolute atomic E-state index is 12.3. The summed E-state index contributed by atoms with van der Waals surface area (Å²) >= 11 is 0. The van der Waals surface area contributed by atoms with Gasteiger partial charge in [0.25, 0.3) is 5.91 Å². The number of rotatable bonds is 10. The molecule has 3 aromatic rings. The Morgan fingerprint density at radius 2 is 1.75 bits per heavy atom. The molecule has 0 saturated heterocycles. The zero-order valence-corrected chi connectivity index (χ0v) is 17.5. The van der Waals surface area contributed by atoms with Crippen molar-refractivity contribution in [3.63, 3.8) is 0 Å². The second-order valence-electron chi connectivity index (χ2n) is 6.48. The molecule has 164 valence electrons. The fourth-order valence-corrected chi connectivity index (χ4v) is 2.75. The quantitative estimate of drug-likeness (QED) is 0.488. The molecule has 0 atom stereocenters. The van der Waals surface area contributed by atoms with Crippen LogP contribution in [0.25, 0.3) is 5.69 Å². The van der Waals surface area contributed by atoms with Crippen LogP contribution in [0.15, 0.2) is 60.8 Å². The van der Waals surface area contributed by atoms with Gasteiger partial charge >= 0.3 is 5.97 Å². The highest BCUT2D eigenvalue weighted by molar-refractivity contribution is 5.93. The molecule has 1 aromatic heterocycles. The number of ether oxygens (including phenoxy) is 3. The average Bonchev–Trinajstić information content (AvgIpc) is 3.22. The third-order valence-corrected chi connectivity index (χ3v) is 4.22. The predicted octanol–water partition coefficient (Wildman–Crippen LogP) is 3.09. The van der Waals surface area contributed by atoms with Gasteiger partial charge in [0, 0.05) is 0 Å². The van der Waals surface area contributed by atoms with E-state index < -0.39 is 18.5 Å². The Morgan fingerprint density at radius 3 is 2.41 bits per heavy atom. The van der Waals surface area contributed by atoms with Crippen molar-refractivity contribution in [3.05, 3.63) is 66.4 Å². The van der Waals surface area contributed by atoms with Crippen LogP contribution in [-0.2, 0) is 14.3 Å². The van der Waals surface area contributed by atoms with Crippen LogP contribution < -0.4 is 14.8 Å². The van der Waals surface area contributed by atoms with Crippen molar-refractivity contribution in [3.8, 4) is 23.3 Å². The lowest BCUT2D eigenvalue weighted by atomic mass is 10.3. The van der Waals surface area contributed by atoms with Crippen LogP contribution in [-0.4, -0.2) is 41.5 Å². The third-order valence-electron chi connectivity index (χ3n) is 4.22. The molecule has 0 aliphatic heterocycles. The Hall–Kier alpha value is -4.32. The zero-order valence-electron chi connectivity index (χ0n) is 17.5. The number of anilines is 1. The molecular weight excluding hydrogens is 412 g/mol. The number of para-hydroxylation sites is 1. The summed E-state index contributed by atoms with van der Waals surface area (Å²) in [6.45, 7) is 2.09. The van der Waals surface area contributed by atoms with Gasteiger partial charge in [-0.2, -0.15) is 10.4 Å². The summed E-state index contributed by atoms with van der Waals surface area (Å²) in [5.41, 5.74) is 0.866. The van der Waals surface area contributed by atoms with Crippen LogP contribution in [0.5, 0.6) is 11.5 Å². The van der Waals surface area contributed by atoms with Gasteiger partial charge in [-0.3, -0.25) is 9.59 Å².